The fourth-order valence-electron chi connectivity index (χ4n) is 1.89. The molecule has 0 spiro atoms. The first-order chi connectivity index (χ1) is 9.93. The molecule has 0 aliphatic rings. The van der Waals surface area contributed by atoms with E-state index in [4.69, 9.17) is 4.74 Å². The van der Waals surface area contributed by atoms with Crippen molar-refractivity contribution in [2.75, 3.05) is 7.11 Å². The highest BCUT2D eigenvalue weighted by Gasteiger charge is 2.31. The molecule has 3 nitrogen and oxygen atoms in total. The molecule has 0 atom stereocenters. The summed E-state index contributed by atoms with van der Waals surface area (Å²) in [7, 11) is 1.44. The van der Waals surface area contributed by atoms with Gasteiger partial charge in [-0.3, -0.25) is 4.79 Å². The monoisotopic (exact) mass is 296 g/mol. The van der Waals surface area contributed by atoms with Crippen LogP contribution in [0, 0.1) is 0 Å². The van der Waals surface area contributed by atoms with Gasteiger partial charge in [0.1, 0.15) is 17.8 Å². The van der Waals surface area contributed by atoms with Crippen molar-refractivity contribution in [1.29, 1.82) is 0 Å². The summed E-state index contributed by atoms with van der Waals surface area (Å²) in [5, 5.41) is 0. The molecule has 0 fully saturated rings. The predicted molar refractivity (Wildman–Crippen MR) is 70.5 cm³/mol. The Morgan fingerprint density at radius 1 is 1.10 bits per heavy atom. The Kier molecular flexibility index (Phi) is 4.16. The quantitative estimate of drug-likeness (QED) is 0.798. The van der Waals surface area contributed by atoms with Crippen LogP contribution in [0.5, 0.6) is 11.5 Å². The molecule has 6 heteroatoms. The van der Waals surface area contributed by atoms with Crippen molar-refractivity contribution in [1.82, 2.24) is 0 Å². The van der Waals surface area contributed by atoms with Crippen molar-refractivity contribution in [2.24, 2.45) is 0 Å². The Bertz CT molecular complexity index is 651. The topological polar surface area (TPSA) is 35.5 Å². The van der Waals surface area contributed by atoms with E-state index in [2.05, 4.69) is 4.74 Å². The molecule has 0 aliphatic heterocycles. The zero-order valence-corrected chi connectivity index (χ0v) is 11.0. The van der Waals surface area contributed by atoms with Crippen LogP contribution in [0.15, 0.2) is 42.5 Å². The van der Waals surface area contributed by atoms with Gasteiger partial charge in [0.05, 0.1) is 7.11 Å². The summed E-state index contributed by atoms with van der Waals surface area (Å²) in [5.41, 5.74) is 1.36. The molecular formula is C15H11F3O3. The molecule has 0 radical (unpaired) electrons. The highest BCUT2D eigenvalue weighted by molar-refractivity contribution is 5.81. The molecule has 2 aromatic rings. The fraction of sp³-hybridized carbons (Fsp3) is 0.133. The summed E-state index contributed by atoms with van der Waals surface area (Å²) in [6, 6.07) is 10.2. The van der Waals surface area contributed by atoms with Crippen LogP contribution in [0.1, 0.15) is 10.4 Å². The maximum Gasteiger partial charge on any atom is 0.573 e. The van der Waals surface area contributed by atoms with Gasteiger partial charge in [-0.1, -0.05) is 12.1 Å². The van der Waals surface area contributed by atoms with Crippen LogP contribution in [0.4, 0.5) is 13.2 Å². The molecule has 2 aromatic carbocycles. The van der Waals surface area contributed by atoms with E-state index < -0.39 is 6.36 Å². The summed E-state index contributed by atoms with van der Waals surface area (Å²) in [4.78, 5) is 10.8. The van der Waals surface area contributed by atoms with Crippen LogP contribution in [0.2, 0.25) is 0 Å². The lowest BCUT2D eigenvalue weighted by Gasteiger charge is -2.12. The zero-order chi connectivity index (χ0) is 15.5. The average Bonchev–Trinajstić information content (AvgIpc) is 2.45. The minimum atomic E-state index is -4.76. The van der Waals surface area contributed by atoms with Crippen molar-refractivity contribution in [3.05, 3.63) is 48.0 Å². The maximum atomic E-state index is 12.2. The van der Waals surface area contributed by atoms with Gasteiger partial charge in [0.25, 0.3) is 0 Å². The van der Waals surface area contributed by atoms with E-state index in [9.17, 15) is 18.0 Å². The van der Waals surface area contributed by atoms with Gasteiger partial charge in [-0.05, 0) is 35.9 Å². The Labute approximate surface area is 118 Å². The van der Waals surface area contributed by atoms with Gasteiger partial charge >= 0.3 is 6.36 Å². The second kappa shape index (κ2) is 5.87. The van der Waals surface area contributed by atoms with E-state index >= 15 is 0 Å². The normalized spacial score (nSPS) is 11.0. The third-order valence-electron chi connectivity index (χ3n) is 2.74. The summed E-state index contributed by atoms with van der Waals surface area (Å²) >= 11 is 0. The second-order valence-corrected chi connectivity index (χ2v) is 4.15. The Morgan fingerprint density at radius 3 is 2.48 bits per heavy atom. The van der Waals surface area contributed by atoms with Gasteiger partial charge < -0.3 is 9.47 Å². The van der Waals surface area contributed by atoms with Gasteiger partial charge in [0.15, 0.2) is 0 Å². The number of ether oxygens (including phenoxy) is 2. The van der Waals surface area contributed by atoms with Crippen molar-refractivity contribution in [2.45, 2.75) is 6.36 Å². The lowest BCUT2D eigenvalue weighted by molar-refractivity contribution is -0.274. The minimum absolute atomic E-state index is 0.335. The molecule has 2 rings (SSSR count). The maximum absolute atomic E-state index is 12.2. The lowest BCUT2D eigenvalue weighted by Crippen LogP contribution is -2.17. The highest BCUT2D eigenvalue weighted by atomic mass is 19.4. The number of halogens is 3. The fourth-order valence-corrected chi connectivity index (χ4v) is 1.89. The van der Waals surface area contributed by atoms with Gasteiger partial charge in [-0.25, -0.2) is 0 Å². The third-order valence-corrected chi connectivity index (χ3v) is 2.74. The van der Waals surface area contributed by atoms with Crippen molar-refractivity contribution in [3.8, 4) is 22.6 Å². The smallest absolute Gasteiger partial charge is 0.496 e. The Morgan fingerprint density at radius 2 is 1.86 bits per heavy atom. The minimum Gasteiger partial charge on any atom is -0.496 e. The first-order valence-electron chi connectivity index (χ1n) is 5.92. The molecule has 110 valence electrons. The second-order valence-electron chi connectivity index (χ2n) is 4.15. The number of hydrogen-bond acceptors (Lipinski definition) is 3. The number of aldehydes is 1. The average molecular weight is 296 g/mol. The van der Waals surface area contributed by atoms with Crippen LogP contribution in [-0.4, -0.2) is 19.8 Å². The van der Waals surface area contributed by atoms with E-state index in [0.717, 1.165) is 0 Å². The van der Waals surface area contributed by atoms with Crippen LogP contribution < -0.4 is 9.47 Å². The molecule has 0 N–H and O–H groups in total. The van der Waals surface area contributed by atoms with E-state index in [0.29, 0.717) is 28.7 Å². The Balaban J connectivity index is 2.46. The largest absolute Gasteiger partial charge is 0.573 e. The van der Waals surface area contributed by atoms with E-state index in [-0.39, 0.29) is 5.75 Å². The molecule has 0 saturated heterocycles. The molecular weight excluding hydrogens is 285 g/mol. The first kappa shape index (κ1) is 14.9. The number of carbonyl (C=O) groups is 1. The molecule has 21 heavy (non-hydrogen) atoms. The first-order valence-corrected chi connectivity index (χ1v) is 5.92. The van der Waals surface area contributed by atoms with Crippen molar-refractivity contribution < 1.29 is 27.4 Å². The van der Waals surface area contributed by atoms with Gasteiger partial charge in [-0.15, -0.1) is 13.2 Å². The van der Waals surface area contributed by atoms with Gasteiger partial charge in [0.2, 0.25) is 0 Å². The standard InChI is InChI=1S/C15H11F3O3/c1-20-14-6-5-10(9-19)7-13(14)11-3-2-4-12(8-11)21-15(16,17)18/h2-9H,1H3. The number of rotatable bonds is 4. The van der Waals surface area contributed by atoms with Crippen LogP contribution >= 0.6 is 0 Å². The summed E-state index contributed by atoms with van der Waals surface area (Å²) in [6.07, 6.45) is -4.10. The lowest BCUT2D eigenvalue weighted by atomic mass is 10.0. The van der Waals surface area contributed by atoms with E-state index in [1.165, 1.54) is 25.3 Å². The van der Waals surface area contributed by atoms with Crippen LogP contribution in [0.25, 0.3) is 11.1 Å². The molecule has 0 bridgehead atoms. The SMILES string of the molecule is COc1ccc(C=O)cc1-c1cccc(OC(F)(F)F)c1. The molecule has 0 unspecified atom stereocenters. The van der Waals surface area contributed by atoms with Crippen LogP contribution in [-0.2, 0) is 0 Å². The molecule has 0 amide bonds. The molecule has 0 aromatic heterocycles. The van der Waals surface area contributed by atoms with E-state index in [1.54, 1.807) is 24.3 Å². The van der Waals surface area contributed by atoms with Gasteiger partial charge in [0, 0.05) is 11.1 Å². The number of benzene rings is 2. The van der Waals surface area contributed by atoms with Crippen molar-refractivity contribution >= 4 is 6.29 Å². The zero-order valence-electron chi connectivity index (χ0n) is 11.0. The molecule has 0 saturated carbocycles. The van der Waals surface area contributed by atoms with Gasteiger partial charge in [-0.2, -0.15) is 0 Å². The molecule has 0 heterocycles. The number of methoxy groups -OCH3 is 1. The Hall–Kier alpha value is -2.50. The van der Waals surface area contributed by atoms with Crippen LogP contribution in [0.3, 0.4) is 0 Å². The highest BCUT2D eigenvalue weighted by Crippen LogP contribution is 2.33. The summed E-state index contributed by atoms with van der Waals surface area (Å²) in [5.74, 6) is 0.114. The number of carbonyl (C=O) groups excluding carboxylic acids is 1. The number of alkyl halides is 3. The summed E-state index contributed by atoms with van der Waals surface area (Å²) < 4.78 is 45.8. The third kappa shape index (κ3) is 3.75. The molecule has 0 aliphatic carbocycles. The number of hydrogen-bond donors (Lipinski definition) is 0. The van der Waals surface area contributed by atoms with E-state index in [1.807, 2.05) is 0 Å². The van der Waals surface area contributed by atoms with Crippen molar-refractivity contribution in [3.63, 3.8) is 0 Å². The predicted octanol–water partition coefficient (Wildman–Crippen LogP) is 4.07. The summed E-state index contributed by atoms with van der Waals surface area (Å²) in [6.45, 7) is 0.